The fraction of sp³-hybridized carbons (Fsp3) is 0.400. The third-order valence-corrected chi connectivity index (χ3v) is 7.61. The Bertz CT molecular complexity index is 1120. The van der Waals surface area contributed by atoms with E-state index in [-0.39, 0.29) is 18.0 Å². The molecule has 1 saturated heterocycles. The van der Waals surface area contributed by atoms with Gasteiger partial charge in [-0.3, -0.25) is 9.69 Å². The fourth-order valence-electron chi connectivity index (χ4n) is 4.91. The first-order valence-electron chi connectivity index (χ1n) is 11.3. The van der Waals surface area contributed by atoms with Crippen LogP contribution in [0.3, 0.4) is 0 Å². The molecule has 2 aliphatic heterocycles. The van der Waals surface area contributed by atoms with Crippen molar-refractivity contribution < 1.29 is 4.79 Å². The summed E-state index contributed by atoms with van der Waals surface area (Å²) in [5.41, 5.74) is 3.68. The Hall–Kier alpha value is -2.77. The molecule has 5 rings (SSSR count). The molecule has 2 aliphatic rings. The van der Waals surface area contributed by atoms with Crippen molar-refractivity contribution in [2.24, 2.45) is 0 Å². The Balaban J connectivity index is 1.20. The summed E-state index contributed by atoms with van der Waals surface area (Å²) < 4.78 is 1.32. The van der Waals surface area contributed by atoms with Gasteiger partial charge >= 0.3 is 0 Å². The molecular formula is C25H29N5OS. The van der Waals surface area contributed by atoms with Crippen molar-refractivity contribution in [2.75, 3.05) is 37.6 Å². The first-order valence-corrected chi connectivity index (χ1v) is 12.2. The largest absolute Gasteiger partial charge is 0.366 e. The van der Waals surface area contributed by atoms with E-state index in [9.17, 15) is 4.79 Å². The Morgan fingerprint density at radius 1 is 1.12 bits per heavy atom. The molecule has 0 radical (unpaired) electrons. The smallest absolute Gasteiger partial charge is 0.237 e. The van der Waals surface area contributed by atoms with Crippen LogP contribution in [-0.4, -0.2) is 70.5 Å². The van der Waals surface area contributed by atoms with E-state index in [1.54, 1.807) is 17.7 Å². The van der Waals surface area contributed by atoms with Gasteiger partial charge in [0.25, 0.3) is 0 Å². The molecule has 2 atom stereocenters. The van der Waals surface area contributed by atoms with E-state index < -0.39 is 0 Å². The van der Waals surface area contributed by atoms with Crippen molar-refractivity contribution in [1.82, 2.24) is 19.8 Å². The van der Waals surface area contributed by atoms with Gasteiger partial charge in [-0.2, -0.15) is 0 Å². The standard InChI is InChI=1S/C25H29N5OS/c1-18-14-29(23-12-26-17-27-13-23)15-19(2)30(18)16-25(31)28-8-5-20(6-9-28)21-3-4-24-22(11-21)7-10-32-24/h3-5,7,10-13,17-19H,6,8-9,14-16H2,1-2H3/t18-,19+. The lowest BCUT2D eigenvalue weighted by Crippen LogP contribution is -2.59. The van der Waals surface area contributed by atoms with E-state index in [2.05, 4.69) is 69.3 Å². The predicted octanol–water partition coefficient (Wildman–Crippen LogP) is 3.91. The molecule has 4 heterocycles. The number of benzene rings is 1. The summed E-state index contributed by atoms with van der Waals surface area (Å²) in [5.74, 6) is 0.226. The molecule has 0 saturated carbocycles. The molecule has 32 heavy (non-hydrogen) atoms. The third-order valence-electron chi connectivity index (χ3n) is 6.72. The maximum Gasteiger partial charge on any atom is 0.237 e. The number of anilines is 1. The number of carbonyl (C=O) groups is 1. The highest BCUT2D eigenvalue weighted by Gasteiger charge is 2.32. The van der Waals surface area contributed by atoms with E-state index in [0.29, 0.717) is 13.1 Å². The molecule has 2 aromatic heterocycles. The van der Waals surface area contributed by atoms with Crippen LogP contribution in [0.5, 0.6) is 0 Å². The van der Waals surface area contributed by atoms with Crippen LogP contribution in [-0.2, 0) is 4.79 Å². The average Bonchev–Trinajstić information content (AvgIpc) is 3.30. The van der Waals surface area contributed by atoms with E-state index >= 15 is 0 Å². The monoisotopic (exact) mass is 447 g/mol. The first kappa shape index (κ1) is 21.1. The van der Waals surface area contributed by atoms with Crippen molar-refractivity contribution in [3.63, 3.8) is 0 Å². The van der Waals surface area contributed by atoms with Crippen LogP contribution >= 0.6 is 11.3 Å². The van der Waals surface area contributed by atoms with E-state index in [0.717, 1.165) is 31.7 Å². The van der Waals surface area contributed by atoms with Gasteiger partial charge in [-0.25, -0.2) is 9.97 Å². The van der Waals surface area contributed by atoms with Gasteiger partial charge in [0.2, 0.25) is 5.91 Å². The normalized spacial score (nSPS) is 22.2. The summed E-state index contributed by atoms with van der Waals surface area (Å²) in [7, 11) is 0. The lowest BCUT2D eigenvalue weighted by molar-refractivity contribution is -0.133. The molecule has 0 bridgehead atoms. The number of aromatic nitrogens is 2. The first-order chi connectivity index (χ1) is 15.6. The zero-order valence-electron chi connectivity index (χ0n) is 18.6. The summed E-state index contributed by atoms with van der Waals surface area (Å²) in [6.45, 7) is 8.12. The van der Waals surface area contributed by atoms with Crippen molar-refractivity contribution >= 4 is 38.6 Å². The predicted molar refractivity (Wildman–Crippen MR) is 131 cm³/mol. The van der Waals surface area contributed by atoms with Crippen LogP contribution in [0.4, 0.5) is 5.69 Å². The summed E-state index contributed by atoms with van der Waals surface area (Å²) in [6, 6.07) is 9.44. The number of hydrogen-bond acceptors (Lipinski definition) is 6. The zero-order valence-corrected chi connectivity index (χ0v) is 19.5. The van der Waals surface area contributed by atoms with Crippen LogP contribution in [0.1, 0.15) is 25.8 Å². The molecular weight excluding hydrogens is 418 g/mol. The van der Waals surface area contributed by atoms with E-state index in [1.165, 1.54) is 21.2 Å². The van der Waals surface area contributed by atoms with Gasteiger partial charge in [0, 0.05) is 43.0 Å². The maximum absolute atomic E-state index is 13.1. The SMILES string of the molecule is C[C@@H]1CN(c2cncnc2)C[C@H](C)N1CC(=O)N1CC=C(c2ccc3sccc3c2)CC1. The second kappa shape index (κ2) is 9.00. The Morgan fingerprint density at radius 3 is 2.62 bits per heavy atom. The highest BCUT2D eigenvalue weighted by molar-refractivity contribution is 7.17. The lowest BCUT2D eigenvalue weighted by atomic mass is 9.98. The number of thiophene rings is 1. The average molecular weight is 448 g/mol. The molecule has 0 unspecified atom stereocenters. The van der Waals surface area contributed by atoms with Gasteiger partial charge in [-0.1, -0.05) is 12.1 Å². The van der Waals surface area contributed by atoms with Crippen molar-refractivity contribution in [3.8, 4) is 0 Å². The van der Waals surface area contributed by atoms with Crippen molar-refractivity contribution in [3.05, 3.63) is 60.0 Å². The Labute approximate surface area is 193 Å². The number of hydrogen-bond donors (Lipinski definition) is 0. The van der Waals surface area contributed by atoms with Crippen LogP contribution in [0, 0.1) is 0 Å². The van der Waals surface area contributed by atoms with Crippen LogP contribution in [0.15, 0.2) is 54.4 Å². The fourth-order valence-corrected chi connectivity index (χ4v) is 5.68. The van der Waals surface area contributed by atoms with Gasteiger partial charge in [0.15, 0.2) is 0 Å². The van der Waals surface area contributed by atoms with E-state index in [1.807, 2.05) is 17.3 Å². The molecule has 0 aliphatic carbocycles. The highest BCUT2D eigenvalue weighted by atomic mass is 32.1. The second-order valence-corrected chi connectivity index (χ2v) is 9.81. The molecule has 3 aromatic rings. The molecule has 0 spiro atoms. The van der Waals surface area contributed by atoms with Gasteiger partial charge in [0.05, 0.1) is 24.6 Å². The molecule has 0 N–H and O–H groups in total. The minimum Gasteiger partial charge on any atom is -0.366 e. The second-order valence-electron chi connectivity index (χ2n) is 8.86. The molecule has 1 fully saturated rings. The third kappa shape index (κ3) is 4.27. The molecule has 1 amide bonds. The van der Waals surface area contributed by atoms with Crippen molar-refractivity contribution in [1.29, 1.82) is 0 Å². The Morgan fingerprint density at radius 2 is 1.91 bits per heavy atom. The van der Waals surface area contributed by atoms with Crippen LogP contribution in [0.2, 0.25) is 0 Å². The Kier molecular flexibility index (Phi) is 5.93. The minimum atomic E-state index is 0.226. The summed E-state index contributed by atoms with van der Waals surface area (Å²) in [5, 5.41) is 3.44. The molecule has 6 nitrogen and oxygen atoms in total. The lowest BCUT2D eigenvalue weighted by Gasteiger charge is -2.45. The summed E-state index contributed by atoms with van der Waals surface area (Å²) in [4.78, 5) is 28.1. The zero-order chi connectivity index (χ0) is 22.1. The molecule has 1 aromatic carbocycles. The van der Waals surface area contributed by atoms with Gasteiger partial charge in [-0.05, 0) is 60.4 Å². The van der Waals surface area contributed by atoms with E-state index in [4.69, 9.17) is 0 Å². The van der Waals surface area contributed by atoms with Gasteiger partial charge in [-0.15, -0.1) is 11.3 Å². The van der Waals surface area contributed by atoms with Gasteiger partial charge in [0.1, 0.15) is 6.33 Å². The molecule has 166 valence electrons. The van der Waals surface area contributed by atoms with Crippen LogP contribution < -0.4 is 4.90 Å². The summed E-state index contributed by atoms with van der Waals surface area (Å²) >= 11 is 1.78. The minimum absolute atomic E-state index is 0.226. The quantitative estimate of drug-likeness (QED) is 0.607. The number of nitrogens with zero attached hydrogens (tertiary/aromatic N) is 5. The van der Waals surface area contributed by atoms with Crippen molar-refractivity contribution in [2.45, 2.75) is 32.4 Å². The topological polar surface area (TPSA) is 52.6 Å². The number of carbonyl (C=O) groups excluding carboxylic acids is 1. The highest BCUT2D eigenvalue weighted by Crippen LogP contribution is 2.28. The maximum atomic E-state index is 13.1. The van der Waals surface area contributed by atoms with Gasteiger partial charge < -0.3 is 9.80 Å². The van der Waals surface area contributed by atoms with Crippen LogP contribution in [0.25, 0.3) is 15.7 Å². The number of rotatable bonds is 4. The number of fused-ring (bicyclic) bond motifs is 1. The number of piperazine rings is 1. The number of amides is 1. The molecule has 7 heteroatoms. The summed E-state index contributed by atoms with van der Waals surface area (Å²) in [6.07, 6.45) is 8.43.